The predicted octanol–water partition coefficient (Wildman–Crippen LogP) is 18.7. The molecule has 0 bridgehead atoms. The minimum Gasteiger partial charge on any atom is -0.462 e. The van der Waals surface area contributed by atoms with Gasteiger partial charge in [0.2, 0.25) is 0 Å². The van der Waals surface area contributed by atoms with Crippen LogP contribution in [0.3, 0.4) is 0 Å². The van der Waals surface area contributed by atoms with Gasteiger partial charge in [-0.05, 0) is 37.0 Å². The minimum atomic E-state index is -0.764. The highest BCUT2D eigenvalue weighted by Gasteiger charge is 2.19. The minimum absolute atomic E-state index is 0.0643. The second-order valence-corrected chi connectivity index (χ2v) is 20.9. The van der Waals surface area contributed by atoms with Crippen LogP contribution in [0.2, 0.25) is 0 Å². The monoisotopic (exact) mass is 905 g/mol. The molecule has 2 unspecified atom stereocenters. The maximum Gasteiger partial charge on any atom is 0.306 e. The number of esters is 3. The van der Waals surface area contributed by atoms with E-state index in [1.807, 2.05) is 0 Å². The molecule has 0 fully saturated rings. The quantitative estimate of drug-likeness (QED) is 0.0344. The molecular formula is C58H112O6. The summed E-state index contributed by atoms with van der Waals surface area (Å²) in [6, 6.07) is 0. The second kappa shape index (κ2) is 49.3. The Bertz CT molecular complexity index is 995. The number of rotatable bonds is 51. The fourth-order valence-electron chi connectivity index (χ4n) is 8.76. The molecule has 0 aromatic rings. The lowest BCUT2D eigenvalue weighted by molar-refractivity contribution is -0.167. The zero-order valence-electron chi connectivity index (χ0n) is 44.1. The maximum atomic E-state index is 12.8. The number of unbranched alkanes of at least 4 members (excludes halogenated alkanes) is 32. The van der Waals surface area contributed by atoms with E-state index in [-0.39, 0.29) is 31.1 Å². The van der Waals surface area contributed by atoms with Crippen molar-refractivity contribution in [1.82, 2.24) is 0 Å². The van der Waals surface area contributed by atoms with Gasteiger partial charge >= 0.3 is 17.9 Å². The average molecular weight is 906 g/mol. The summed E-state index contributed by atoms with van der Waals surface area (Å²) in [6.45, 7) is 13.8. The van der Waals surface area contributed by atoms with Gasteiger partial charge in [-0.3, -0.25) is 14.4 Å². The van der Waals surface area contributed by atoms with Crippen molar-refractivity contribution in [3.63, 3.8) is 0 Å². The van der Waals surface area contributed by atoms with Crippen molar-refractivity contribution in [3.8, 4) is 0 Å². The van der Waals surface area contributed by atoms with Crippen LogP contribution in [0.25, 0.3) is 0 Å². The van der Waals surface area contributed by atoms with Gasteiger partial charge in [-0.15, -0.1) is 0 Å². The first-order valence-corrected chi connectivity index (χ1v) is 28.7. The molecular weight excluding hydrogens is 793 g/mol. The molecule has 0 aromatic heterocycles. The van der Waals surface area contributed by atoms with E-state index in [4.69, 9.17) is 14.2 Å². The molecule has 0 saturated heterocycles. The molecule has 6 heteroatoms. The molecule has 64 heavy (non-hydrogen) atoms. The third kappa shape index (κ3) is 48.3. The zero-order valence-corrected chi connectivity index (χ0v) is 44.1. The van der Waals surface area contributed by atoms with Gasteiger partial charge in [-0.25, -0.2) is 0 Å². The van der Waals surface area contributed by atoms with Crippen molar-refractivity contribution in [2.75, 3.05) is 13.2 Å². The molecule has 0 aliphatic rings. The number of hydrogen-bond acceptors (Lipinski definition) is 6. The van der Waals surface area contributed by atoms with Crippen LogP contribution in [0.1, 0.15) is 318 Å². The first-order valence-electron chi connectivity index (χ1n) is 28.7. The molecule has 380 valence electrons. The summed E-state index contributed by atoms with van der Waals surface area (Å²) in [6.07, 6.45) is 50.9. The molecule has 0 amide bonds. The van der Waals surface area contributed by atoms with Gasteiger partial charge in [-0.1, -0.05) is 279 Å². The third-order valence-electron chi connectivity index (χ3n) is 13.9. The molecule has 0 saturated carbocycles. The number of hydrogen-bond donors (Lipinski definition) is 0. The van der Waals surface area contributed by atoms with E-state index < -0.39 is 6.10 Å². The number of carbonyl (C=O) groups excluding carboxylic acids is 3. The topological polar surface area (TPSA) is 78.9 Å². The third-order valence-corrected chi connectivity index (χ3v) is 13.9. The highest BCUT2D eigenvalue weighted by molar-refractivity contribution is 5.71. The summed E-state index contributed by atoms with van der Waals surface area (Å²) >= 11 is 0. The highest BCUT2D eigenvalue weighted by atomic mass is 16.6. The molecule has 0 aromatic carbocycles. The van der Waals surface area contributed by atoms with Crippen LogP contribution in [0.15, 0.2) is 0 Å². The van der Waals surface area contributed by atoms with E-state index in [1.54, 1.807) is 0 Å². The van der Waals surface area contributed by atoms with Crippen molar-refractivity contribution in [2.24, 2.45) is 17.8 Å². The fourth-order valence-corrected chi connectivity index (χ4v) is 8.76. The van der Waals surface area contributed by atoms with Gasteiger partial charge in [0, 0.05) is 19.3 Å². The van der Waals surface area contributed by atoms with Gasteiger partial charge in [-0.2, -0.15) is 0 Å². The van der Waals surface area contributed by atoms with Crippen LogP contribution in [-0.2, 0) is 28.6 Å². The van der Waals surface area contributed by atoms with Gasteiger partial charge in [0.1, 0.15) is 13.2 Å². The van der Waals surface area contributed by atoms with E-state index in [0.29, 0.717) is 19.3 Å². The van der Waals surface area contributed by atoms with E-state index in [1.165, 1.54) is 199 Å². The van der Waals surface area contributed by atoms with Gasteiger partial charge in [0.05, 0.1) is 0 Å². The smallest absolute Gasteiger partial charge is 0.306 e. The Balaban J connectivity index is 4.26. The van der Waals surface area contributed by atoms with Gasteiger partial charge in [0.15, 0.2) is 6.10 Å². The fraction of sp³-hybridized carbons (Fsp3) is 0.948. The Hall–Kier alpha value is -1.59. The second-order valence-electron chi connectivity index (χ2n) is 20.9. The molecule has 0 radical (unpaired) electrons. The molecule has 0 N–H and O–H groups in total. The van der Waals surface area contributed by atoms with Crippen LogP contribution in [0, 0.1) is 17.8 Å². The van der Waals surface area contributed by atoms with E-state index in [2.05, 4.69) is 41.5 Å². The molecule has 0 rings (SSSR count). The molecule has 0 heterocycles. The van der Waals surface area contributed by atoms with Crippen LogP contribution >= 0.6 is 0 Å². The normalized spacial score (nSPS) is 13.0. The summed E-state index contributed by atoms with van der Waals surface area (Å²) in [7, 11) is 0. The van der Waals surface area contributed by atoms with Crippen molar-refractivity contribution >= 4 is 17.9 Å². The first-order chi connectivity index (χ1) is 31.2. The number of carbonyl (C=O) groups is 3. The van der Waals surface area contributed by atoms with Gasteiger partial charge < -0.3 is 14.2 Å². The lowest BCUT2D eigenvalue weighted by atomic mass is 9.99. The van der Waals surface area contributed by atoms with Crippen LogP contribution in [0.4, 0.5) is 0 Å². The van der Waals surface area contributed by atoms with Crippen molar-refractivity contribution in [2.45, 2.75) is 324 Å². The van der Waals surface area contributed by atoms with Gasteiger partial charge in [0.25, 0.3) is 0 Å². The zero-order chi connectivity index (χ0) is 47.0. The Kier molecular flexibility index (Phi) is 48.1. The summed E-state index contributed by atoms with van der Waals surface area (Å²) in [5, 5.41) is 0. The van der Waals surface area contributed by atoms with Crippen LogP contribution in [-0.4, -0.2) is 37.2 Å². The Morgan fingerprint density at radius 2 is 0.547 bits per heavy atom. The van der Waals surface area contributed by atoms with Crippen LogP contribution in [0.5, 0.6) is 0 Å². The van der Waals surface area contributed by atoms with E-state index in [9.17, 15) is 14.4 Å². The maximum absolute atomic E-state index is 12.8. The van der Waals surface area contributed by atoms with Crippen LogP contribution < -0.4 is 0 Å². The Morgan fingerprint density at radius 3 is 0.812 bits per heavy atom. The largest absolute Gasteiger partial charge is 0.462 e. The average Bonchev–Trinajstić information content (AvgIpc) is 3.28. The van der Waals surface area contributed by atoms with Crippen molar-refractivity contribution < 1.29 is 28.6 Å². The summed E-state index contributed by atoms with van der Waals surface area (Å²) in [4.78, 5) is 38.1. The standard InChI is InChI=1S/C58H112O6/c1-7-53(5)45-39-33-27-23-19-15-12-13-16-20-24-28-35-41-47-56(59)62-50-55(51-63-57(60)48-42-36-31-30-34-40-46-54(6)8-2)64-58(61)49-43-37-29-25-21-17-11-9-10-14-18-22-26-32-38-44-52(3)4/h52-55H,7-51H2,1-6H3/t53?,54?,55-/m1/s1. The van der Waals surface area contributed by atoms with E-state index in [0.717, 1.165) is 75.5 Å². The molecule has 0 aliphatic carbocycles. The predicted molar refractivity (Wildman–Crippen MR) is 275 cm³/mol. The SMILES string of the molecule is CCC(C)CCCCCCCCCCCCCCCCC(=O)OC[C@H](COC(=O)CCCCCCCCC(C)CC)OC(=O)CCCCCCCCCCCCCCCCCC(C)C. The molecule has 0 spiro atoms. The molecule has 6 nitrogen and oxygen atoms in total. The molecule has 3 atom stereocenters. The van der Waals surface area contributed by atoms with Crippen molar-refractivity contribution in [3.05, 3.63) is 0 Å². The van der Waals surface area contributed by atoms with E-state index >= 15 is 0 Å². The highest BCUT2D eigenvalue weighted by Crippen LogP contribution is 2.19. The summed E-state index contributed by atoms with van der Waals surface area (Å²) in [5.74, 6) is 1.71. The summed E-state index contributed by atoms with van der Waals surface area (Å²) in [5.41, 5.74) is 0. The summed E-state index contributed by atoms with van der Waals surface area (Å²) < 4.78 is 16.9. The Morgan fingerprint density at radius 1 is 0.312 bits per heavy atom. The molecule has 0 aliphatic heterocycles. The first kappa shape index (κ1) is 62.4. The number of ether oxygens (including phenoxy) is 3. The van der Waals surface area contributed by atoms with Crippen molar-refractivity contribution in [1.29, 1.82) is 0 Å². The Labute approximate surface area is 399 Å². The lowest BCUT2D eigenvalue weighted by Crippen LogP contribution is -2.30. The lowest BCUT2D eigenvalue weighted by Gasteiger charge is -2.18.